The van der Waals surface area contributed by atoms with E-state index in [0.717, 1.165) is 30.6 Å². The van der Waals surface area contributed by atoms with Crippen LogP contribution in [0.5, 0.6) is 0 Å². The molecule has 1 aromatic rings. The van der Waals surface area contributed by atoms with Crippen molar-refractivity contribution in [2.75, 3.05) is 12.3 Å². The van der Waals surface area contributed by atoms with E-state index in [1.165, 1.54) is 11.8 Å². The summed E-state index contributed by atoms with van der Waals surface area (Å²) in [4.78, 5) is 12.9. The molecule has 2 rings (SSSR count). The lowest BCUT2D eigenvalue weighted by molar-refractivity contribution is -0.120. The first kappa shape index (κ1) is 15.4. The Morgan fingerprint density at radius 2 is 2.00 bits per heavy atom. The average Bonchev–Trinajstić information content (AvgIpc) is 2.48. The van der Waals surface area contributed by atoms with Gasteiger partial charge in [0.1, 0.15) is 0 Å². The molecule has 20 heavy (non-hydrogen) atoms. The highest BCUT2D eigenvalue weighted by Crippen LogP contribution is 2.31. The molecule has 3 nitrogen and oxygen atoms in total. The second kappa shape index (κ2) is 7.14. The molecular weight excluding hydrogens is 270 g/mol. The van der Waals surface area contributed by atoms with E-state index >= 15 is 0 Å². The Kier molecular flexibility index (Phi) is 5.49. The normalized spacial score (nSPS) is 26.2. The van der Waals surface area contributed by atoms with Crippen LogP contribution in [-0.4, -0.2) is 28.9 Å². The highest BCUT2D eigenvalue weighted by atomic mass is 32.2. The molecule has 0 unspecified atom stereocenters. The van der Waals surface area contributed by atoms with Gasteiger partial charge in [-0.05, 0) is 43.7 Å². The van der Waals surface area contributed by atoms with Gasteiger partial charge in [0, 0.05) is 11.4 Å². The summed E-state index contributed by atoms with van der Waals surface area (Å²) in [6, 6.07) is 9.88. The van der Waals surface area contributed by atoms with E-state index in [4.69, 9.17) is 0 Å². The van der Waals surface area contributed by atoms with Crippen molar-refractivity contribution in [1.82, 2.24) is 5.32 Å². The van der Waals surface area contributed by atoms with Gasteiger partial charge in [-0.15, -0.1) is 11.8 Å². The second-order valence-electron chi connectivity index (χ2n) is 5.79. The lowest BCUT2D eigenvalue weighted by Crippen LogP contribution is -2.45. The number of hydrogen-bond acceptors (Lipinski definition) is 3. The molecule has 1 fully saturated rings. The lowest BCUT2D eigenvalue weighted by atomic mass is 9.79. The first-order valence-electron chi connectivity index (χ1n) is 7.24. The molecule has 0 spiro atoms. The highest BCUT2D eigenvalue weighted by Gasteiger charge is 2.31. The van der Waals surface area contributed by atoms with E-state index in [9.17, 15) is 9.90 Å². The van der Waals surface area contributed by atoms with Crippen LogP contribution in [0.3, 0.4) is 0 Å². The molecule has 0 aromatic heterocycles. The Hall–Kier alpha value is -1.00. The predicted molar refractivity (Wildman–Crippen MR) is 82.8 cm³/mol. The van der Waals surface area contributed by atoms with Crippen LogP contribution in [0.15, 0.2) is 35.2 Å². The minimum absolute atomic E-state index is 0.00843. The van der Waals surface area contributed by atoms with Crippen molar-refractivity contribution in [2.24, 2.45) is 5.92 Å². The van der Waals surface area contributed by atoms with Crippen molar-refractivity contribution in [3.05, 3.63) is 30.3 Å². The average molecular weight is 293 g/mol. The van der Waals surface area contributed by atoms with Crippen LogP contribution in [0.25, 0.3) is 0 Å². The summed E-state index contributed by atoms with van der Waals surface area (Å²) in [6.45, 7) is 2.60. The van der Waals surface area contributed by atoms with Crippen molar-refractivity contribution in [3.8, 4) is 0 Å². The number of benzene rings is 1. The predicted octanol–water partition coefficient (Wildman–Crippen LogP) is 2.84. The van der Waals surface area contributed by atoms with Crippen LogP contribution >= 0.6 is 11.8 Å². The Balaban J connectivity index is 1.70. The molecule has 0 saturated heterocycles. The molecule has 0 heterocycles. The second-order valence-corrected chi connectivity index (χ2v) is 6.83. The van der Waals surface area contributed by atoms with Crippen LogP contribution < -0.4 is 5.32 Å². The van der Waals surface area contributed by atoms with Gasteiger partial charge < -0.3 is 10.4 Å². The summed E-state index contributed by atoms with van der Waals surface area (Å²) in [6.07, 6.45) is 3.68. The molecule has 1 amide bonds. The Morgan fingerprint density at radius 1 is 1.35 bits per heavy atom. The Bertz CT molecular complexity index is 427. The number of hydrogen-bond donors (Lipinski definition) is 2. The molecule has 1 saturated carbocycles. The van der Waals surface area contributed by atoms with Crippen LogP contribution in [-0.2, 0) is 4.79 Å². The quantitative estimate of drug-likeness (QED) is 0.821. The molecule has 110 valence electrons. The fourth-order valence-electron chi connectivity index (χ4n) is 2.46. The van der Waals surface area contributed by atoms with Crippen LogP contribution in [0.4, 0.5) is 0 Å². The largest absolute Gasteiger partial charge is 0.388 e. The number of rotatable bonds is 5. The molecule has 0 atom stereocenters. The zero-order valence-electron chi connectivity index (χ0n) is 12.0. The van der Waals surface area contributed by atoms with Crippen LogP contribution in [0.2, 0.25) is 0 Å². The zero-order valence-corrected chi connectivity index (χ0v) is 12.8. The third-order valence-corrected chi connectivity index (χ3v) is 4.94. The minimum atomic E-state index is -0.695. The van der Waals surface area contributed by atoms with Gasteiger partial charge >= 0.3 is 0 Å². The molecule has 2 N–H and O–H groups in total. The zero-order chi connectivity index (χ0) is 14.4. The fraction of sp³-hybridized carbons (Fsp3) is 0.562. The van der Waals surface area contributed by atoms with Gasteiger partial charge in [-0.2, -0.15) is 0 Å². The fourth-order valence-corrected chi connectivity index (χ4v) is 3.21. The van der Waals surface area contributed by atoms with Gasteiger partial charge in [0.25, 0.3) is 0 Å². The van der Waals surface area contributed by atoms with Crippen molar-refractivity contribution in [2.45, 2.75) is 43.1 Å². The van der Waals surface area contributed by atoms with Crippen molar-refractivity contribution in [1.29, 1.82) is 0 Å². The van der Waals surface area contributed by atoms with E-state index in [1.54, 1.807) is 0 Å². The number of thioether (sulfide) groups is 1. The van der Waals surface area contributed by atoms with Crippen LogP contribution in [0, 0.1) is 5.92 Å². The summed E-state index contributed by atoms with van der Waals surface area (Å²) >= 11 is 1.52. The monoisotopic (exact) mass is 293 g/mol. The summed E-state index contributed by atoms with van der Waals surface area (Å²) in [5.74, 6) is 1.08. The van der Waals surface area contributed by atoms with E-state index in [2.05, 4.69) is 12.2 Å². The molecule has 0 aliphatic heterocycles. The van der Waals surface area contributed by atoms with Gasteiger partial charge in [-0.25, -0.2) is 0 Å². The van der Waals surface area contributed by atoms with Crippen molar-refractivity contribution >= 4 is 17.7 Å². The van der Waals surface area contributed by atoms with E-state index in [0.29, 0.717) is 18.2 Å². The first-order valence-corrected chi connectivity index (χ1v) is 8.23. The molecule has 1 aliphatic rings. The van der Waals surface area contributed by atoms with E-state index in [1.807, 2.05) is 30.3 Å². The number of nitrogens with one attached hydrogen (secondary N) is 1. The molecule has 4 heteroatoms. The van der Waals surface area contributed by atoms with Gasteiger partial charge in [-0.1, -0.05) is 25.1 Å². The van der Waals surface area contributed by atoms with Gasteiger partial charge in [0.05, 0.1) is 11.4 Å². The number of carbonyl (C=O) groups excluding carboxylic acids is 1. The smallest absolute Gasteiger partial charge is 0.230 e. The number of aliphatic hydroxyl groups is 1. The third-order valence-electron chi connectivity index (χ3n) is 3.93. The Labute approximate surface area is 125 Å². The number of carbonyl (C=O) groups is 1. The maximum atomic E-state index is 11.8. The number of amides is 1. The standard InChI is InChI=1S/C16H23NO2S/c1-13-7-9-16(19,10-8-13)12-17-15(18)11-20-14-5-3-2-4-6-14/h2-6,13,19H,7-12H2,1H3,(H,17,18). The molecule has 1 aromatic carbocycles. The first-order chi connectivity index (χ1) is 9.57. The van der Waals surface area contributed by atoms with Gasteiger partial charge in [0.15, 0.2) is 0 Å². The molecule has 0 bridgehead atoms. The van der Waals surface area contributed by atoms with Crippen molar-refractivity contribution < 1.29 is 9.90 Å². The SMILES string of the molecule is CC1CCC(O)(CNC(=O)CSc2ccccc2)CC1. The third kappa shape index (κ3) is 4.84. The van der Waals surface area contributed by atoms with E-state index in [-0.39, 0.29) is 5.91 Å². The molecule has 0 radical (unpaired) electrons. The highest BCUT2D eigenvalue weighted by molar-refractivity contribution is 8.00. The summed E-state index contributed by atoms with van der Waals surface area (Å²) < 4.78 is 0. The van der Waals surface area contributed by atoms with Crippen molar-refractivity contribution in [3.63, 3.8) is 0 Å². The van der Waals surface area contributed by atoms with Crippen LogP contribution in [0.1, 0.15) is 32.6 Å². The summed E-state index contributed by atoms with van der Waals surface area (Å²) in [5.41, 5.74) is -0.695. The summed E-state index contributed by atoms with van der Waals surface area (Å²) in [5, 5.41) is 13.3. The molecular formula is C16H23NO2S. The maximum absolute atomic E-state index is 11.8. The lowest BCUT2D eigenvalue weighted by Gasteiger charge is -2.34. The van der Waals surface area contributed by atoms with E-state index < -0.39 is 5.60 Å². The van der Waals surface area contributed by atoms with Gasteiger partial charge in [-0.3, -0.25) is 4.79 Å². The Morgan fingerprint density at radius 3 is 2.65 bits per heavy atom. The molecule has 1 aliphatic carbocycles. The summed E-state index contributed by atoms with van der Waals surface area (Å²) in [7, 11) is 0. The topological polar surface area (TPSA) is 49.3 Å². The minimum Gasteiger partial charge on any atom is -0.388 e. The van der Waals surface area contributed by atoms with Gasteiger partial charge in [0.2, 0.25) is 5.91 Å². The maximum Gasteiger partial charge on any atom is 0.230 e.